The molecular formula is C24H24ClFN4O5. The van der Waals surface area contributed by atoms with E-state index in [1.54, 1.807) is 30.9 Å². The Hall–Kier alpha value is -3.63. The monoisotopic (exact) mass is 502 g/mol. The summed E-state index contributed by atoms with van der Waals surface area (Å²) in [5.74, 6) is -1.09. The van der Waals surface area contributed by atoms with E-state index < -0.39 is 23.7 Å². The van der Waals surface area contributed by atoms with Gasteiger partial charge in [0, 0.05) is 44.0 Å². The molecule has 2 heterocycles. The van der Waals surface area contributed by atoms with Crippen LogP contribution in [0.15, 0.2) is 42.6 Å². The Labute approximate surface area is 206 Å². The zero-order valence-corrected chi connectivity index (χ0v) is 19.9. The minimum Gasteiger partial charge on any atom is -0.488 e. The SMILES string of the molecule is C[C@@H](CO)Oc1cc(Oc2ccc(C(=O)N3CCC3)c(F)c2Cl)cc(C(=O)Nc2ccn(C)n2)c1. The number of ether oxygens (including phenoxy) is 2. The van der Waals surface area contributed by atoms with E-state index in [1.165, 1.54) is 35.2 Å². The number of rotatable bonds is 8. The van der Waals surface area contributed by atoms with Crippen LogP contribution in [0.25, 0.3) is 0 Å². The van der Waals surface area contributed by atoms with Crippen LogP contribution in [0.1, 0.15) is 34.1 Å². The molecule has 4 rings (SSSR count). The molecule has 1 atom stereocenters. The maximum absolute atomic E-state index is 14.9. The summed E-state index contributed by atoms with van der Waals surface area (Å²) in [6, 6.07) is 8.75. The molecule has 0 spiro atoms. The lowest BCUT2D eigenvalue weighted by Crippen LogP contribution is -2.42. The van der Waals surface area contributed by atoms with Gasteiger partial charge in [0.25, 0.3) is 11.8 Å². The number of likely N-dealkylation sites (tertiary alicyclic amines) is 1. The van der Waals surface area contributed by atoms with Crippen LogP contribution in [0, 0.1) is 5.82 Å². The second-order valence-electron chi connectivity index (χ2n) is 8.12. The number of aliphatic hydroxyl groups excluding tert-OH is 1. The Morgan fingerprint density at radius 2 is 1.97 bits per heavy atom. The summed E-state index contributed by atoms with van der Waals surface area (Å²) >= 11 is 6.19. The van der Waals surface area contributed by atoms with Crippen LogP contribution in [0.3, 0.4) is 0 Å². The molecule has 184 valence electrons. The molecule has 0 radical (unpaired) electrons. The number of anilines is 1. The van der Waals surface area contributed by atoms with Gasteiger partial charge in [0.2, 0.25) is 0 Å². The second-order valence-corrected chi connectivity index (χ2v) is 8.50. The van der Waals surface area contributed by atoms with Crippen molar-refractivity contribution in [2.45, 2.75) is 19.4 Å². The fourth-order valence-electron chi connectivity index (χ4n) is 3.36. The minimum absolute atomic E-state index is 0.0345. The third kappa shape index (κ3) is 5.55. The lowest BCUT2D eigenvalue weighted by Gasteiger charge is -2.31. The van der Waals surface area contributed by atoms with E-state index in [1.807, 2.05) is 0 Å². The summed E-state index contributed by atoms with van der Waals surface area (Å²) in [5, 5.41) is 15.8. The van der Waals surface area contributed by atoms with Crippen molar-refractivity contribution in [2.24, 2.45) is 7.05 Å². The number of carbonyl (C=O) groups is 2. The standard InChI is InChI=1S/C24H24ClFN4O5/c1-14(13-31)34-16-10-15(23(32)27-20-6-9-29(2)28-20)11-17(12-16)35-19-5-4-18(22(26)21(19)25)24(33)30-7-3-8-30/h4-6,9-12,14,31H,3,7-8,13H2,1-2H3,(H,27,28,32)/t14-/m0/s1. The van der Waals surface area contributed by atoms with Crippen LogP contribution in [0.4, 0.5) is 10.2 Å². The lowest BCUT2D eigenvalue weighted by molar-refractivity contribution is 0.0646. The largest absolute Gasteiger partial charge is 0.488 e. The van der Waals surface area contributed by atoms with Gasteiger partial charge in [-0.1, -0.05) is 11.6 Å². The van der Waals surface area contributed by atoms with Crippen molar-refractivity contribution >= 4 is 29.2 Å². The molecule has 1 fully saturated rings. The summed E-state index contributed by atoms with van der Waals surface area (Å²) < 4.78 is 27.9. The van der Waals surface area contributed by atoms with Gasteiger partial charge in [0.05, 0.1) is 12.2 Å². The normalized spacial score (nSPS) is 13.7. The molecule has 1 saturated heterocycles. The highest BCUT2D eigenvalue weighted by Crippen LogP contribution is 2.35. The molecule has 0 unspecified atom stereocenters. The van der Waals surface area contributed by atoms with E-state index in [4.69, 9.17) is 21.1 Å². The number of halogens is 2. The van der Waals surface area contributed by atoms with E-state index in [9.17, 15) is 19.1 Å². The number of benzene rings is 2. The number of aliphatic hydroxyl groups is 1. The first-order valence-corrected chi connectivity index (χ1v) is 11.3. The van der Waals surface area contributed by atoms with E-state index in [-0.39, 0.29) is 40.0 Å². The van der Waals surface area contributed by atoms with E-state index in [0.29, 0.717) is 18.9 Å². The predicted octanol–water partition coefficient (Wildman–Crippen LogP) is 3.86. The van der Waals surface area contributed by atoms with Gasteiger partial charge in [0.15, 0.2) is 11.6 Å². The van der Waals surface area contributed by atoms with Crippen molar-refractivity contribution in [1.29, 1.82) is 0 Å². The van der Waals surface area contributed by atoms with E-state index in [0.717, 1.165) is 6.42 Å². The first-order valence-electron chi connectivity index (χ1n) is 10.9. The van der Waals surface area contributed by atoms with Gasteiger partial charge in [-0.3, -0.25) is 14.3 Å². The van der Waals surface area contributed by atoms with Gasteiger partial charge in [-0.05, 0) is 37.6 Å². The molecule has 0 aliphatic carbocycles. The van der Waals surface area contributed by atoms with Gasteiger partial charge in [-0.15, -0.1) is 0 Å². The van der Waals surface area contributed by atoms with Crippen molar-refractivity contribution in [2.75, 3.05) is 25.0 Å². The minimum atomic E-state index is -0.879. The van der Waals surface area contributed by atoms with Crippen molar-refractivity contribution in [3.63, 3.8) is 0 Å². The van der Waals surface area contributed by atoms with Gasteiger partial charge >= 0.3 is 0 Å². The van der Waals surface area contributed by atoms with E-state index >= 15 is 0 Å². The third-order valence-electron chi connectivity index (χ3n) is 5.34. The topological polar surface area (TPSA) is 106 Å². The Bertz CT molecular complexity index is 1260. The molecule has 2 N–H and O–H groups in total. The Balaban J connectivity index is 1.62. The van der Waals surface area contributed by atoms with Crippen molar-refractivity contribution in [3.05, 3.63) is 64.6 Å². The van der Waals surface area contributed by atoms with Gasteiger partial charge in [-0.25, -0.2) is 4.39 Å². The summed E-state index contributed by atoms with van der Waals surface area (Å²) in [6.45, 7) is 2.57. The molecule has 35 heavy (non-hydrogen) atoms. The van der Waals surface area contributed by atoms with Crippen LogP contribution < -0.4 is 14.8 Å². The molecule has 1 aliphatic rings. The molecule has 0 bridgehead atoms. The number of aryl methyl sites for hydroxylation is 1. The van der Waals surface area contributed by atoms with Crippen LogP contribution in [0.5, 0.6) is 17.2 Å². The number of nitrogens with zero attached hydrogens (tertiary/aromatic N) is 3. The highest BCUT2D eigenvalue weighted by atomic mass is 35.5. The predicted molar refractivity (Wildman–Crippen MR) is 127 cm³/mol. The summed E-state index contributed by atoms with van der Waals surface area (Å²) in [6.07, 6.45) is 2.01. The van der Waals surface area contributed by atoms with Crippen molar-refractivity contribution in [3.8, 4) is 17.2 Å². The zero-order valence-electron chi connectivity index (χ0n) is 19.1. The maximum atomic E-state index is 14.9. The van der Waals surface area contributed by atoms with E-state index in [2.05, 4.69) is 10.4 Å². The summed E-state index contributed by atoms with van der Waals surface area (Å²) in [7, 11) is 1.72. The number of hydrogen-bond donors (Lipinski definition) is 2. The quantitative estimate of drug-likeness (QED) is 0.484. The fourth-order valence-corrected chi connectivity index (χ4v) is 3.57. The lowest BCUT2D eigenvalue weighted by atomic mass is 10.1. The fraction of sp³-hybridized carbons (Fsp3) is 0.292. The average molecular weight is 503 g/mol. The first-order chi connectivity index (χ1) is 16.7. The Morgan fingerprint density at radius 3 is 2.60 bits per heavy atom. The molecule has 3 aromatic rings. The smallest absolute Gasteiger partial charge is 0.257 e. The number of aromatic nitrogens is 2. The molecule has 2 aromatic carbocycles. The number of amides is 2. The van der Waals surface area contributed by atoms with Crippen LogP contribution in [0.2, 0.25) is 5.02 Å². The molecule has 1 aromatic heterocycles. The van der Waals surface area contributed by atoms with Gasteiger partial charge in [-0.2, -0.15) is 5.10 Å². The number of hydrogen-bond acceptors (Lipinski definition) is 6. The molecule has 11 heteroatoms. The molecule has 1 aliphatic heterocycles. The molecule has 0 saturated carbocycles. The number of nitrogens with one attached hydrogen (secondary N) is 1. The van der Waals surface area contributed by atoms with Gasteiger partial charge in [0.1, 0.15) is 28.4 Å². The Kier molecular flexibility index (Phi) is 7.23. The zero-order chi connectivity index (χ0) is 25.1. The maximum Gasteiger partial charge on any atom is 0.257 e. The van der Waals surface area contributed by atoms with Crippen molar-refractivity contribution < 1.29 is 28.6 Å². The van der Waals surface area contributed by atoms with Crippen LogP contribution in [-0.2, 0) is 7.05 Å². The Morgan fingerprint density at radius 1 is 1.23 bits per heavy atom. The van der Waals surface area contributed by atoms with Crippen LogP contribution >= 0.6 is 11.6 Å². The summed E-state index contributed by atoms with van der Waals surface area (Å²) in [5.41, 5.74) is 0.0424. The first kappa shape index (κ1) is 24.5. The van der Waals surface area contributed by atoms with Gasteiger partial charge < -0.3 is 24.8 Å². The number of carbonyl (C=O) groups excluding carboxylic acids is 2. The van der Waals surface area contributed by atoms with Crippen molar-refractivity contribution in [1.82, 2.24) is 14.7 Å². The molecule has 9 nitrogen and oxygen atoms in total. The van der Waals surface area contributed by atoms with Crippen LogP contribution in [-0.4, -0.2) is 57.4 Å². The second kappa shape index (κ2) is 10.3. The summed E-state index contributed by atoms with van der Waals surface area (Å²) in [4.78, 5) is 26.8. The highest BCUT2D eigenvalue weighted by Gasteiger charge is 2.26. The highest BCUT2D eigenvalue weighted by molar-refractivity contribution is 6.32. The molecular weight excluding hydrogens is 479 g/mol. The third-order valence-corrected chi connectivity index (χ3v) is 5.69. The average Bonchev–Trinajstić information content (AvgIpc) is 3.20. The molecule has 2 amide bonds.